The van der Waals surface area contributed by atoms with Crippen LogP contribution in [-0.2, 0) is 13.1 Å². The molecule has 0 amide bonds. The number of halogens is 2. The van der Waals surface area contributed by atoms with Crippen LogP contribution in [0.3, 0.4) is 0 Å². The van der Waals surface area contributed by atoms with Crippen LogP contribution in [-0.4, -0.2) is 34.5 Å². The Kier molecular flexibility index (Phi) is 6.81. The molecule has 5 rings (SSSR count). The van der Waals surface area contributed by atoms with Crippen LogP contribution in [0, 0.1) is 25.6 Å². The summed E-state index contributed by atoms with van der Waals surface area (Å²) in [7, 11) is 0. The first-order chi connectivity index (χ1) is 16.9. The highest BCUT2D eigenvalue weighted by molar-refractivity contribution is 6.31. The minimum Gasteiger partial charge on any atom is -0.299 e. The van der Waals surface area contributed by atoms with E-state index in [0.29, 0.717) is 30.1 Å². The van der Waals surface area contributed by atoms with E-state index in [9.17, 15) is 9.18 Å². The Bertz CT molecular complexity index is 1320. The van der Waals surface area contributed by atoms with E-state index >= 15 is 0 Å². The van der Waals surface area contributed by atoms with Crippen molar-refractivity contribution in [3.05, 3.63) is 98.6 Å². The molecule has 180 valence electrons. The molecule has 3 heterocycles. The van der Waals surface area contributed by atoms with Crippen LogP contribution >= 0.6 is 11.6 Å². The minimum atomic E-state index is -0.227. The summed E-state index contributed by atoms with van der Waals surface area (Å²) < 4.78 is 14.1. The first-order valence-corrected chi connectivity index (χ1v) is 12.6. The molecule has 1 saturated heterocycles. The largest absolute Gasteiger partial charge is 0.299 e. The summed E-state index contributed by atoms with van der Waals surface area (Å²) >= 11 is 6.37. The quantitative estimate of drug-likeness (QED) is 0.380. The zero-order chi connectivity index (χ0) is 24.5. The Balaban J connectivity index is 1.27. The standard InChI is InChI=1S/C29H29ClFN3O/c1-18-10-26(30)24(14-27(18)31)17-34-9-3-4-20(16-34)12-28(35)21-5-6-23-15-33-29(25(23)13-21)22-7-8-32-19(2)11-22/h5-8,10-11,13-14,20H,3-4,9,12,15-17H2,1-2H3/t20-/m0/s1. The van der Waals surface area contributed by atoms with Crippen molar-refractivity contribution in [2.45, 2.75) is 46.2 Å². The van der Waals surface area contributed by atoms with Gasteiger partial charge in [0, 0.05) is 53.1 Å². The average Bonchev–Trinajstić information content (AvgIpc) is 3.26. The predicted octanol–water partition coefficient (Wildman–Crippen LogP) is 6.33. The van der Waals surface area contributed by atoms with Gasteiger partial charge >= 0.3 is 0 Å². The van der Waals surface area contributed by atoms with Gasteiger partial charge in [-0.05, 0) is 86.2 Å². The van der Waals surface area contributed by atoms with E-state index in [1.165, 1.54) is 0 Å². The van der Waals surface area contributed by atoms with Gasteiger partial charge in [0.05, 0.1) is 12.3 Å². The van der Waals surface area contributed by atoms with Crippen molar-refractivity contribution in [3.8, 4) is 0 Å². The first kappa shape index (κ1) is 23.8. The second-order valence-electron chi connectivity index (χ2n) is 9.79. The molecule has 35 heavy (non-hydrogen) atoms. The van der Waals surface area contributed by atoms with Gasteiger partial charge in [-0.15, -0.1) is 0 Å². The van der Waals surface area contributed by atoms with Crippen LogP contribution in [0.1, 0.15) is 63.1 Å². The highest BCUT2D eigenvalue weighted by atomic mass is 35.5. The van der Waals surface area contributed by atoms with Gasteiger partial charge in [-0.1, -0.05) is 23.7 Å². The number of benzene rings is 2. The molecule has 2 aromatic carbocycles. The minimum absolute atomic E-state index is 0.163. The zero-order valence-electron chi connectivity index (χ0n) is 20.2. The number of aryl methyl sites for hydroxylation is 2. The molecular weight excluding hydrogens is 461 g/mol. The molecule has 0 aliphatic carbocycles. The smallest absolute Gasteiger partial charge is 0.163 e. The Morgan fingerprint density at radius 1 is 1.17 bits per heavy atom. The van der Waals surface area contributed by atoms with E-state index in [1.807, 2.05) is 37.3 Å². The summed E-state index contributed by atoms with van der Waals surface area (Å²) in [4.78, 5) is 24.6. The second kappa shape index (κ2) is 10.00. The maximum atomic E-state index is 14.1. The van der Waals surface area contributed by atoms with Crippen molar-refractivity contribution >= 4 is 23.1 Å². The van der Waals surface area contributed by atoms with Crippen LogP contribution in [0.25, 0.3) is 0 Å². The predicted molar refractivity (Wildman–Crippen MR) is 138 cm³/mol. The number of carbonyl (C=O) groups excluding carboxylic acids is 1. The van der Waals surface area contributed by atoms with E-state index in [0.717, 1.165) is 65.2 Å². The molecule has 0 spiro atoms. The number of piperidine rings is 1. The molecule has 1 fully saturated rings. The monoisotopic (exact) mass is 489 g/mol. The molecule has 0 radical (unpaired) electrons. The lowest BCUT2D eigenvalue weighted by molar-refractivity contribution is 0.0912. The third kappa shape index (κ3) is 5.21. The lowest BCUT2D eigenvalue weighted by atomic mass is 9.89. The Hall–Kier alpha value is -2.89. The lowest BCUT2D eigenvalue weighted by Gasteiger charge is -2.32. The van der Waals surface area contributed by atoms with Gasteiger partial charge in [-0.25, -0.2) is 4.39 Å². The second-order valence-corrected chi connectivity index (χ2v) is 10.2. The normalized spacial score (nSPS) is 17.8. The Morgan fingerprint density at radius 2 is 2.03 bits per heavy atom. The van der Waals surface area contributed by atoms with Gasteiger partial charge in [-0.2, -0.15) is 0 Å². The zero-order valence-corrected chi connectivity index (χ0v) is 20.9. The van der Waals surface area contributed by atoms with Gasteiger partial charge in [0.25, 0.3) is 0 Å². The number of likely N-dealkylation sites (tertiary alicyclic amines) is 1. The topological polar surface area (TPSA) is 45.6 Å². The average molecular weight is 490 g/mol. The fourth-order valence-corrected chi connectivity index (χ4v) is 5.47. The van der Waals surface area contributed by atoms with Crippen molar-refractivity contribution in [2.24, 2.45) is 10.9 Å². The molecule has 4 nitrogen and oxygen atoms in total. The molecule has 2 aliphatic rings. The fraction of sp³-hybridized carbons (Fsp3) is 0.345. The first-order valence-electron chi connectivity index (χ1n) is 12.2. The third-order valence-electron chi connectivity index (χ3n) is 7.06. The van der Waals surface area contributed by atoms with Crippen molar-refractivity contribution in [3.63, 3.8) is 0 Å². The molecule has 3 aromatic rings. The summed E-state index contributed by atoms with van der Waals surface area (Å²) in [6.45, 7) is 6.67. The van der Waals surface area contributed by atoms with Gasteiger partial charge in [-0.3, -0.25) is 19.7 Å². The van der Waals surface area contributed by atoms with Crippen molar-refractivity contribution in [1.82, 2.24) is 9.88 Å². The molecule has 0 unspecified atom stereocenters. The summed E-state index contributed by atoms with van der Waals surface area (Å²) in [6, 6.07) is 13.2. The summed E-state index contributed by atoms with van der Waals surface area (Å²) in [5.74, 6) is 0.209. The van der Waals surface area contributed by atoms with Gasteiger partial charge in [0.15, 0.2) is 5.78 Å². The number of hydrogen-bond acceptors (Lipinski definition) is 4. The fourth-order valence-electron chi connectivity index (χ4n) is 5.19. The molecule has 0 bridgehead atoms. The van der Waals surface area contributed by atoms with Crippen LogP contribution < -0.4 is 0 Å². The van der Waals surface area contributed by atoms with Crippen molar-refractivity contribution < 1.29 is 9.18 Å². The molecule has 1 atom stereocenters. The number of aliphatic imine (C=N–C) groups is 1. The molecule has 6 heteroatoms. The van der Waals surface area contributed by atoms with Crippen LogP contribution in [0.5, 0.6) is 0 Å². The highest BCUT2D eigenvalue weighted by Crippen LogP contribution is 2.28. The van der Waals surface area contributed by atoms with Crippen LogP contribution in [0.2, 0.25) is 5.02 Å². The van der Waals surface area contributed by atoms with E-state index in [-0.39, 0.29) is 17.5 Å². The SMILES string of the molecule is Cc1cc(C2=NCc3ccc(C(=O)C[C@@H]4CCCN(Cc5cc(F)c(C)cc5Cl)C4)cc32)ccn1. The maximum absolute atomic E-state index is 14.1. The number of Topliss-reactive ketones (excluding diaryl/α,β-unsaturated/α-hetero) is 1. The van der Waals surface area contributed by atoms with Gasteiger partial charge in [0.1, 0.15) is 5.82 Å². The van der Waals surface area contributed by atoms with E-state index in [1.54, 1.807) is 25.3 Å². The number of hydrogen-bond donors (Lipinski definition) is 0. The maximum Gasteiger partial charge on any atom is 0.163 e. The molecule has 0 saturated carbocycles. The van der Waals surface area contributed by atoms with Crippen molar-refractivity contribution in [1.29, 1.82) is 0 Å². The molecule has 1 aromatic heterocycles. The van der Waals surface area contributed by atoms with Crippen LogP contribution in [0.15, 0.2) is 53.7 Å². The third-order valence-corrected chi connectivity index (χ3v) is 7.42. The van der Waals surface area contributed by atoms with Gasteiger partial charge < -0.3 is 0 Å². The number of carbonyl (C=O) groups is 1. The Labute approximate surface area is 210 Å². The van der Waals surface area contributed by atoms with Gasteiger partial charge in [0.2, 0.25) is 0 Å². The number of ketones is 1. The molecular formula is C29H29ClFN3O. The summed E-state index contributed by atoms with van der Waals surface area (Å²) in [5.41, 5.74) is 7.22. The number of rotatable bonds is 6. The Morgan fingerprint density at radius 3 is 2.86 bits per heavy atom. The summed E-state index contributed by atoms with van der Waals surface area (Å²) in [6.07, 6.45) is 4.35. The summed E-state index contributed by atoms with van der Waals surface area (Å²) in [5, 5.41) is 0.599. The lowest BCUT2D eigenvalue weighted by Crippen LogP contribution is -2.35. The van der Waals surface area contributed by atoms with E-state index in [2.05, 4.69) is 9.88 Å². The molecule has 2 aliphatic heterocycles. The number of aromatic nitrogens is 1. The highest BCUT2D eigenvalue weighted by Gasteiger charge is 2.25. The van der Waals surface area contributed by atoms with Crippen molar-refractivity contribution in [2.75, 3.05) is 13.1 Å². The van der Waals surface area contributed by atoms with Crippen LogP contribution in [0.4, 0.5) is 4.39 Å². The number of nitrogens with zero attached hydrogens (tertiary/aromatic N) is 3. The van der Waals surface area contributed by atoms with E-state index < -0.39 is 0 Å². The molecule has 0 N–H and O–H groups in total. The van der Waals surface area contributed by atoms with E-state index in [4.69, 9.17) is 16.6 Å². The number of pyridine rings is 1. The number of fused-ring (bicyclic) bond motifs is 1.